The Labute approximate surface area is 156 Å². The summed E-state index contributed by atoms with van der Waals surface area (Å²) in [6.07, 6.45) is 4.57. The lowest BCUT2D eigenvalue weighted by atomic mass is 9.97. The topological polar surface area (TPSA) is 85.9 Å². The zero-order valence-electron chi connectivity index (χ0n) is 15.4. The van der Waals surface area contributed by atoms with Crippen LogP contribution in [0.15, 0.2) is 41.3 Å². The van der Waals surface area contributed by atoms with Gasteiger partial charge in [-0.3, -0.25) is 9.59 Å². The van der Waals surface area contributed by atoms with E-state index in [1.165, 1.54) is 6.20 Å². The number of piperidine rings is 1. The number of amides is 1. The van der Waals surface area contributed by atoms with Crippen molar-refractivity contribution in [3.05, 3.63) is 46.9 Å². The van der Waals surface area contributed by atoms with Gasteiger partial charge in [0.1, 0.15) is 11.9 Å². The number of hydrogen-bond acceptors (Lipinski definition) is 5. The van der Waals surface area contributed by atoms with Gasteiger partial charge in [0.2, 0.25) is 5.91 Å². The zero-order valence-corrected chi connectivity index (χ0v) is 15.4. The molecule has 2 aromatic heterocycles. The van der Waals surface area contributed by atoms with E-state index in [1.54, 1.807) is 4.68 Å². The Morgan fingerprint density at radius 1 is 1.15 bits per heavy atom. The van der Waals surface area contributed by atoms with E-state index in [0.717, 1.165) is 29.6 Å². The molecule has 27 heavy (non-hydrogen) atoms. The van der Waals surface area contributed by atoms with Crippen LogP contribution >= 0.6 is 0 Å². The van der Waals surface area contributed by atoms with Crippen LogP contribution in [0, 0.1) is 0 Å². The van der Waals surface area contributed by atoms with Gasteiger partial charge in [-0.1, -0.05) is 23.4 Å². The molecular weight excluding hydrogens is 344 g/mol. The molecule has 0 radical (unpaired) electrons. The molecule has 0 saturated carbocycles. The van der Waals surface area contributed by atoms with Gasteiger partial charge in [0.15, 0.2) is 5.65 Å². The molecule has 3 heterocycles. The molecule has 4 rings (SSSR count). The molecule has 3 aromatic rings. The summed E-state index contributed by atoms with van der Waals surface area (Å²) in [7, 11) is 0. The van der Waals surface area contributed by atoms with E-state index in [0.29, 0.717) is 11.0 Å². The third-order valence-electron chi connectivity index (χ3n) is 5.22. The highest BCUT2D eigenvalue weighted by Gasteiger charge is 2.29. The number of nitrogens with zero attached hydrogens (tertiary/aromatic N) is 6. The number of carbonyl (C=O) groups excluding carboxylic acids is 1. The molecule has 1 saturated heterocycles. The number of rotatable bonds is 3. The lowest BCUT2D eigenvalue weighted by Gasteiger charge is -2.39. The Bertz CT molecular complexity index is 1020. The third kappa shape index (κ3) is 3.11. The Kier molecular flexibility index (Phi) is 4.47. The summed E-state index contributed by atoms with van der Waals surface area (Å²) in [6, 6.07) is 9.78. The van der Waals surface area contributed by atoms with Crippen molar-refractivity contribution in [2.24, 2.45) is 0 Å². The predicted octanol–water partition coefficient (Wildman–Crippen LogP) is 1.77. The molecule has 0 bridgehead atoms. The van der Waals surface area contributed by atoms with Gasteiger partial charge in [-0.05, 0) is 45.2 Å². The molecule has 8 heteroatoms. The van der Waals surface area contributed by atoms with Crippen molar-refractivity contribution in [2.75, 3.05) is 0 Å². The second-order valence-corrected chi connectivity index (χ2v) is 7.11. The van der Waals surface area contributed by atoms with E-state index < -0.39 is 0 Å². The van der Waals surface area contributed by atoms with Crippen LogP contribution in [0.5, 0.6) is 0 Å². The second-order valence-electron chi connectivity index (χ2n) is 7.11. The van der Waals surface area contributed by atoms with Crippen molar-refractivity contribution in [1.82, 2.24) is 29.7 Å². The van der Waals surface area contributed by atoms with Crippen LogP contribution in [0.4, 0.5) is 0 Å². The quantitative estimate of drug-likeness (QED) is 0.705. The highest BCUT2D eigenvalue weighted by atomic mass is 16.2. The first-order valence-corrected chi connectivity index (χ1v) is 9.24. The lowest BCUT2D eigenvalue weighted by Crippen LogP contribution is -2.49. The summed E-state index contributed by atoms with van der Waals surface area (Å²) >= 11 is 0. The minimum absolute atomic E-state index is 0.0964. The van der Waals surface area contributed by atoms with Crippen LogP contribution in [0.1, 0.15) is 33.1 Å². The van der Waals surface area contributed by atoms with Crippen molar-refractivity contribution in [2.45, 2.75) is 51.7 Å². The predicted molar refractivity (Wildman–Crippen MR) is 101 cm³/mol. The smallest absolute Gasteiger partial charge is 0.281 e. The van der Waals surface area contributed by atoms with Crippen molar-refractivity contribution >= 4 is 16.9 Å². The summed E-state index contributed by atoms with van der Waals surface area (Å²) < 4.78 is 2.71. The van der Waals surface area contributed by atoms with Crippen molar-refractivity contribution in [3.8, 4) is 5.69 Å². The number of aromatic nitrogens is 5. The maximum absolute atomic E-state index is 12.8. The minimum Gasteiger partial charge on any atom is -0.336 e. The highest BCUT2D eigenvalue weighted by Crippen LogP contribution is 2.22. The summed E-state index contributed by atoms with van der Waals surface area (Å²) in [5.74, 6) is -0.0964. The first kappa shape index (κ1) is 17.4. The van der Waals surface area contributed by atoms with Gasteiger partial charge < -0.3 is 4.90 Å². The van der Waals surface area contributed by atoms with Gasteiger partial charge in [-0.25, -0.2) is 9.36 Å². The van der Waals surface area contributed by atoms with E-state index in [9.17, 15) is 9.59 Å². The normalized spacial score (nSPS) is 20.1. The molecule has 1 aliphatic heterocycles. The average Bonchev–Trinajstić information content (AvgIpc) is 3.09. The maximum Gasteiger partial charge on any atom is 0.281 e. The summed E-state index contributed by atoms with van der Waals surface area (Å²) in [6.45, 7) is 4.00. The second kappa shape index (κ2) is 6.94. The van der Waals surface area contributed by atoms with Crippen LogP contribution in [0.2, 0.25) is 0 Å². The van der Waals surface area contributed by atoms with E-state index >= 15 is 0 Å². The number of fused-ring (bicyclic) bond motifs is 1. The fourth-order valence-corrected chi connectivity index (χ4v) is 3.85. The highest BCUT2D eigenvalue weighted by molar-refractivity contribution is 5.78. The lowest BCUT2D eigenvalue weighted by molar-refractivity contribution is -0.138. The molecule has 1 amide bonds. The summed E-state index contributed by atoms with van der Waals surface area (Å²) in [5, 5.41) is 12.8. The molecule has 1 fully saturated rings. The molecule has 2 atom stereocenters. The van der Waals surface area contributed by atoms with Gasteiger partial charge in [0, 0.05) is 12.1 Å². The Balaban J connectivity index is 1.65. The van der Waals surface area contributed by atoms with Crippen LogP contribution < -0.4 is 5.56 Å². The standard InChI is InChI=1S/C19H22N6O2/c1-13-7-6-8-14(2)24(13)17(26)12-23-19(27)16-11-20-25(18(16)21-22-23)15-9-4-3-5-10-15/h3-5,9-11,13-14H,6-8,12H2,1-2H3/t13-,14-/m1/s1. The molecular formula is C19H22N6O2. The van der Waals surface area contributed by atoms with Gasteiger partial charge in [-0.15, -0.1) is 5.10 Å². The molecule has 0 spiro atoms. The van der Waals surface area contributed by atoms with Crippen LogP contribution in [0.25, 0.3) is 16.7 Å². The van der Waals surface area contributed by atoms with E-state index in [1.807, 2.05) is 35.2 Å². The average molecular weight is 366 g/mol. The van der Waals surface area contributed by atoms with Gasteiger partial charge >= 0.3 is 0 Å². The van der Waals surface area contributed by atoms with Gasteiger partial charge in [-0.2, -0.15) is 5.10 Å². The molecule has 1 aliphatic rings. The molecule has 0 aliphatic carbocycles. The number of carbonyl (C=O) groups is 1. The largest absolute Gasteiger partial charge is 0.336 e. The fraction of sp³-hybridized carbons (Fsp3) is 0.421. The Morgan fingerprint density at radius 3 is 2.56 bits per heavy atom. The first-order valence-electron chi connectivity index (χ1n) is 9.24. The molecule has 0 N–H and O–H groups in total. The van der Waals surface area contributed by atoms with Crippen LogP contribution in [-0.2, 0) is 11.3 Å². The van der Waals surface area contributed by atoms with Gasteiger partial charge in [0.25, 0.3) is 5.56 Å². The Hall–Kier alpha value is -3.03. The SMILES string of the molecule is C[C@@H]1CCC[C@@H](C)N1C(=O)Cn1nnc2c(cnn2-c2ccccc2)c1=O. The summed E-state index contributed by atoms with van der Waals surface area (Å²) in [4.78, 5) is 27.4. The van der Waals surface area contributed by atoms with Crippen molar-refractivity contribution < 1.29 is 4.79 Å². The number of benzene rings is 1. The van der Waals surface area contributed by atoms with E-state index in [4.69, 9.17) is 0 Å². The fourth-order valence-electron chi connectivity index (χ4n) is 3.85. The number of para-hydroxylation sites is 1. The maximum atomic E-state index is 12.8. The van der Waals surface area contributed by atoms with Crippen LogP contribution in [-0.4, -0.2) is 47.7 Å². The Morgan fingerprint density at radius 2 is 1.85 bits per heavy atom. The first-order chi connectivity index (χ1) is 13.1. The van der Waals surface area contributed by atoms with E-state index in [-0.39, 0.29) is 30.1 Å². The third-order valence-corrected chi connectivity index (χ3v) is 5.22. The molecule has 8 nitrogen and oxygen atoms in total. The molecule has 140 valence electrons. The number of hydrogen-bond donors (Lipinski definition) is 0. The molecule has 1 aromatic carbocycles. The molecule has 0 unspecified atom stereocenters. The van der Waals surface area contributed by atoms with Crippen molar-refractivity contribution in [1.29, 1.82) is 0 Å². The zero-order chi connectivity index (χ0) is 19.0. The monoisotopic (exact) mass is 366 g/mol. The van der Waals surface area contributed by atoms with E-state index in [2.05, 4.69) is 29.3 Å². The number of likely N-dealkylation sites (tertiary alicyclic amines) is 1. The van der Waals surface area contributed by atoms with Gasteiger partial charge in [0.05, 0.1) is 11.9 Å². The summed E-state index contributed by atoms with van der Waals surface area (Å²) in [5.41, 5.74) is 0.827. The van der Waals surface area contributed by atoms with Crippen LogP contribution in [0.3, 0.4) is 0 Å². The van der Waals surface area contributed by atoms with Crippen molar-refractivity contribution in [3.63, 3.8) is 0 Å². The minimum atomic E-state index is -0.354.